The SMILES string of the molecule is C#Cc1cccc(NC(=O)CNC(=O)CCc2ncc(-c3ccccc3Cl)o2)c1. The molecule has 0 saturated carbocycles. The Hall–Kier alpha value is -3.56. The van der Waals surface area contributed by atoms with Crippen molar-refractivity contribution in [3.63, 3.8) is 0 Å². The van der Waals surface area contributed by atoms with E-state index in [-0.39, 0.29) is 24.8 Å². The van der Waals surface area contributed by atoms with Crippen molar-refractivity contribution in [2.75, 3.05) is 11.9 Å². The Morgan fingerprint density at radius 1 is 1.14 bits per heavy atom. The summed E-state index contributed by atoms with van der Waals surface area (Å²) in [5, 5.41) is 5.81. The molecule has 0 unspecified atom stereocenters. The number of rotatable bonds is 7. The number of carbonyl (C=O) groups excluding carboxylic acids is 2. The van der Waals surface area contributed by atoms with Crippen LogP contribution in [-0.2, 0) is 16.0 Å². The second-order valence-electron chi connectivity index (χ2n) is 6.15. The minimum Gasteiger partial charge on any atom is -0.441 e. The molecule has 3 aromatic rings. The summed E-state index contributed by atoms with van der Waals surface area (Å²) in [6.45, 7) is -0.143. The lowest BCUT2D eigenvalue weighted by Gasteiger charge is -2.07. The fraction of sp³-hybridized carbons (Fsp3) is 0.136. The molecule has 2 amide bonds. The topological polar surface area (TPSA) is 84.2 Å². The van der Waals surface area contributed by atoms with Crippen molar-refractivity contribution in [3.05, 3.63) is 71.2 Å². The van der Waals surface area contributed by atoms with E-state index >= 15 is 0 Å². The van der Waals surface area contributed by atoms with Crippen LogP contribution in [-0.4, -0.2) is 23.3 Å². The minimum atomic E-state index is -0.343. The number of halogens is 1. The largest absolute Gasteiger partial charge is 0.441 e. The van der Waals surface area contributed by atoms with Crippen LogP contribution < -0.4 is 10.6 Å². The van der Waals surface area contributed by atoms with Crippen molar-refractivity contribution < 1.29 is 14.0 Å². The highest BCUT2D eigenvalue weighted by molar-refractivity contribution is 6.33. The summed E-state index contributed by atoms with van der Waals surface area (Å²) in [5.74, 6) is 2.83. The van der Waals surface area contributed by atoms with Crippen LogP contribution in [0.3, 0.4) is 0 Å². The zero-order valence-corrected chi connectivity index (χ0v) is 16.2. The number of aromatic nitrogens is 1. The third-order valence-corrected chi connectivity index (χ3v) is 4.35. The summed E-state index contributed by atoms with van der Waals surface area (Å²) in [7, 11) is 0. The van der Waals surface area contributed by atoms with Gasteiger partial charge in [0.05, 0.1) is 17.8 Å². The second kappa shape index (κ2) is 9.58. The lowest BCUT2D eigenvalue weighted by atomic mass is 10.2. The lowest BCUT2D eigenvalue weighted by Crippen LogP contribution is -2.33. The maximum Gasteiger partial charge on any atom is 0.243 e. The monoisotopic (exact) mass is 407 g/mol. The maximum absolute atomic E-state index is 12.0. The number of benzene rings is 2. The van der Waals surface area contributed by atoms with Gasteiger partial charge in [-0.05, 0) is 30.3 Å². The number of hydrogen-bond donors (Lipinski definition) is 2. The van der Waals surface area contributed by atoms with E-state index < -0.39 is 0 Å². The van der Waals surface area contributed by atoms with E-state index in [1.807, 2.05) is 18.2 Å². The highest BCUT2D eigenvalue weighted by Gasteiger charge is 2.12. The van der Waals surface area contributed by atoms with E-state index in [0.29, 0.717) is 34.3 Å². The number of nitrogens with zero attached hydrogens (tertiary/aromatic N) is 1. The van der Waals surface area contributed by atoms with E-state index in [4.69, 9.17) is 22.4 Å². The predicted molar refractivity (Wildman–Crippen MR) is 111 cm³/mol. The van der Waals surface area contributed by atoms with Crippen LogP contribution >= 0.6 is 11.6 Å². The summed E-state index contributed by atoms with van der Waals surface area (Å²) in [5.41, 5.74) is 1.98. The first-order valence-corrected chi connectivity index (χ1v) is 9.26. The van der Waals surface area contributed by atoms with Crippen LogP contribution in [0.25, 0.3) is 11.3 Å². The summed E-state index contributed by atoms with van der Waals surface area (Å²) >= 11 is 6.14. The Labute approximate surface area is 173 Å². The Morgan fingerprint density at radius 2 is 1.97 bits per heavy atom. The predicted octanol–water partition coefficient (Wildman–Crippen LogP) is 3.66. The Morgan fingerprint density at radius 3 is 2.76 bits per heavy atom. The number of hydrogen-bond acceptors (Lipinski definition) is 4. The molecule has 146 valence electrons. The van der Waals surface area contributed by atoms with Gasteiger partial charge in [-0.3, -0.25) is 9.59 Å². The molecule has 0 fully saturated rings. The molecular weight excluding hydrogens is 390 g/mol. The van der Waals surface area contributed by atoms with Crippen molar-refractivity contribution >= 4 is 29.1 Å². The summed E-state index contributed by atoms with van der Waals surface area (Å²) in [6.07, 6.45) is 7.36. The third kappa shape index (κ3) is 5.71. The third-order valence-electron chi connectivity index (χ3n) is 4.02. The molecule has 7 heteroatoms. The van der Waals surface area contributed by atoms with E-state index in [0.717, 1.165) is 5.56 Å². The Balaban J connectivity index is 1.45. The van der Waals surface area contributed by atoms with Crippen molar-refractivity contribution in [1.29, 1.82) is 0 Å². The minimum absolute atomic E-state index is 0.141. The zero-order chi connectivity index (χ0) is 20.6. The molecule has 0 spiro atoms. The maximum atomic E-state index is 12.0. The van der Waals surface area contributed by atoms with Gasteiger partial charge in [0.15, 0.2) is 11.7 Å². The van der Waals surface area contributed by atoms with Gasteiger partial charge in [0.2, 0.25) is 11.8 Å². The molecule has 3 rings (SSSR count). The van der Waals surface area contributed by atoms with Gasteiger partial charge in [0.1, 0.15) is 0 Å². The van der Waals surface area contributed by atoms with Crippen molar-refractivity contribution in [2.45, 2.75) is 12.8 Å². The summed E-state index contributed by atoms with van der Waals surface area (Å²) in [6, 6.07) is 14.2. The summed E-state index contributed by atoms with van der Waals surface area (Å²) < 4.78 is 5.66. The van der Waals surface area contributed by atoms with Gasteiger partial charge in [-0.15, -0.1) is 6.42 Å². The molecule has 0 bridgehead atoms. The molecule has 2 aromatic carbocycles. The molecule has 0 saturated heterocycles. The fourth-order valence-corrected chi connectivity index (χ4v) is 2.82. The molecule has 6 nitrogen and oxygen atoms in total. The first-order chi connectivity index (χ1) is 14.0. The van der Waals surface area contributed by atoms with Gasteiger partial charge in [-0.1, -0.05) is 35.7 Å². The number of terminal acetylenes is 1. The fourth-order valence-electron chi connectivity index (χ4n) is 2.59. The van der Waals surface area contributed by atoms with Gasteiger partial charge in [-0.2, -0.15) is 0 Å². The van der Waals surface area contributed by atoms with Crippen LogP contribution in [0.4, 0.5) is 5.69 Å². The summed E-state index contributed by atoms with van der Waals surface area (Å²) in [4.78, 5) is 28.1. The number of oxazole rings is 1. The van der Waals surface area contributed by atoms with E-state index in [1.165, 1.54) is 0 Å². The van der Waals surface area contributed by atoms with Crippen LogP contribution in [0, 0.1) is 12.3 Å². The quantitative estimate of drug-likeness (QED) is 0.585. The van der Waals surface area contributed by atoms with Crippen LogP contribution in [0.15, 0.2) is 59.1 Å². The average Bonchev–Trinajstić information content (AvgIpc) is 3.20. The van der Waals surface area contributed by atoms with Gasteiger partial charge in [-0.25, -0.2) is 4.98 Å². The van der Waals surface area contributed by atoms with Crippen molar-refractivity contribution in [1.82, 2.24) is 10.3 Å². The van der Waals surface area contributed by atoms with Crippen molar-refractivity contribution in [2.24, 2.45) is 0 Å². The van der Waals surface area contributed by atoms with E-state index in [9.17, 15) is 9.59 Å². The van der Waals surface area contributed by atoms with Gasteiger partial charge < -0.3 is 15.1 Å². The van der Waals surface area contributed by atoms with Gasteiger partial charge in [0, 0.05) is 29.7 Å². The van der Waals surface area contributed by atoms with E-state index in [2.05, 4.69) is 21.5 Å². The molecule has 1 heterocycles. The highest BCUT2D eigenvalue weighted by atomic mass is 35.5. The molecule has 0 aliphatic rings. The normalized spacial score (nSPS) is 10.2. The smallest absolute Gasteiger partial charge is 0.243 e. The van der Waals surface area contributed by atoms with Crippen LogP contribution in [0.5, 0.6) is 0 Å². The number of carbonyl (C=O) groups is 2. The molecule has 1 aromatic heterocycles. The standard InChI is InChI=1S/C22H18ClN3O3/c1-2-15-6-5-7-16(12-15)26-21(28)14-24-20(27)10-11-22-25-13-19(29-22)17-8-3-4-9-18(17)23/h1,3-9,12-13H,10-11,14H2,(H,24,27)(H,26,28). The molecule has 0 aliphatic heterocycles. The number of aryl methyl sites for hydroxylation is 1. The Kier molecular flexibility index (Phi) is 6.67. The number of amides is 2. The van der Waals surface area contributed by atoms with Crippen LogP contribution in [0.1, 0.15) is 17.9 Å². The molecule has 0 aliphatic carbocycles. The Bertz CT molecular complexity index is 1070. The molecule has 0 radical (unpaired) electrons. The molecule has 0 atom stereocenters. The lowest BCUT2D eigenvalue weighted by molar-refractivity contribution is -0.124. The van der Waals surface area contributed by atoms with E-state index in [1.54, 1.807) is 36.5 Å². The first-order valence-electron chi connectivity index (χ1n) is 8.88. The average molecular weight is 408 g/mol. The van der Waals surface area contributed by atoms with Crippen LogP contribution in [0.2, 0.25) is 5.02 Å². The first kappa shape index (κ1) is 20.2. The zero-order valence-electron chi connectivity index (χ0n) is 15.4. The molecule has 2 N–H and O–H groups in total. The van der Waals surface area contributed by atoms with Gasteiger partial charge in [0.25, 0.3) is 0 Å². The highest BCUT2D eigenvalue weighted by Crippen LogP contribution is 2.28. The molecule has 29 heavy (non-hydrogen) atoms. The van der Waals surface area contributed by atoms with Crippen molar-refractivity contribution in [3.8, 4) is 23.7 Å². The molecular formula is C22H18ClN3O3. The van der Waals surface area contributed by atoms with Gasteiger partial charge >= 0.3 is 0 Å². The number of anilines is 1. The second-order valence-corrected chi connectivity index (χ2v) is 6.56. The number of nitrogens with one attached hydrogen (secondary N) is 2.